The van der Waals surface area contributed by atoms with E-state index in [0.717, 1.165) is 19.4 Å². The summed E-state index contributed by atoms with van der Waals surface area (Å²) in [6, 6.07) is 0. The molecule has 0 aromatic rings. The van der Waals surface area contributed by atoms with Gasteiger partial charge in [-0.3, -0.25) is 4.79 Å². The lowest BCUT2D eigenvalue weighted by atomic mass is 10.00. The van der Waals surface area contributed by atoms with Crippen LogP contribution in [0.25, 0.3) is 0 Å². The number of hydrogen-bond donors (Lipinski definition) is 1. The lowest BCUT2D eigenvalue weighted by molar-refractivity contribution is -0.147. The van der Waals surface area contributed by atoms with E-state index in [9.17, 15) is 4.79 Å². The first-order valence-electron chi connectivity index (χ1n) is 4.10. The van der Waals surface area contributed by atoms with Crippen molar-refractivity contribution in [3.05, 3.63) is 0 Å². The minimum atomic E-state index is -0.292. The van der Waals surface area contributed by atoms with Gasteiger partial charge < -0.3 is 10.1 Å². The number of carbonyl (C=O) groups is 1. The molecule has 2 aliphatic rings. The summed E-state index contributed by atoms with van der Waals surface area (Å²) in [4.78, 5) is 11.3. The molecule has 1 aliphatic carbocycles. The average Bonchev–Trinajstić information content (AvgIpc) is 2.62. The molecule has 0 unspecified atom stereocenters. The maximum Gasteiger partial charge on any atom is 0.326 e. The van der Waals surface area contributed by atoms with Crippen LogP contribution in [-0.2, 0) is 9.53 Å². The molecule has 1 saturated carbocycles. The first kappa shape index (κ1) is 7.10. The van der Waals surface area contributed by atoms with E-state index in [4.69, 9.17) is 4.74 Å². The van der Waals surface area contributed by atoms with Crippen LogP contribution in [0.1, 0.15) is 19.3 Å². The lowest BCUT2D eigenvalue weighted by Gasteiger charge is -2.23. The summed E-state index contributed by atoms with van der Waals surface area (Å²) in [7, 11) is 1.46. The minimum Gasteiger partial charge on any atom is -0.468 e. The molecule has 11 heavy (non-hydrogen) atoms. The molecule has 0 spiro atoms. The Morgan fingerprint density at radius 3 is 2.91 bits per heavy atom. The Labute approximate surface area is 66.1 Å². The Morgan fingerprint density at radius 1 is 1.73 bits per heavy atom. The third kappa shape index (κ3) is 0.872. The fraction of sp³-hybridized carbons (Fsp3) is 0.875. The molecule has 1 heterocycles. The molecule has 0 radical (unpaired) electrons. The third-order valence-corrected chi connectivity index (χ3v) is 2.92. The van der Waals surface area contributed by atoms with Gasteiger partial charge in [-0.25, -0.2) is 0 Å². The lowest BCUT2D eigenvalue weighted by Crippen LogP contribution is -2.48. The molecule has 3 nitrogen and oxygen atoms in total. The summed E-state index contributed by atoms with van der Waals surface area (Å²) in [6.07, 6.45) is 3.13. The summed E-state index contributed by atoms with van der Waals surface area (Å²) >= 11 is 0. The van der Waals surface area contributed by atoms with Crippen LogP contribution < -0.4 is 5.32 Å². The van der Waals surface area contributed by atoms with Crippen LogP contribution >= 0.6 is 0 Å². The highest BCUT2D eigenvalue weighted by molar-refractivity contribution is 5.81. The van der Waals surface area contributed by atoms with Crippen molar-refractivity contribution in [2.24, 2.45) is 5.92 Å². The number of ether oxygens (including phenoxy) is 1. The minimum absolute atomic E-state index is 0.0718. The normalized spacial score (nSPS) is 41.0. The summed E-state index contributed by atoms with van der Waals surface area (Å²) in [6.45, 7) is 0.995. The van der Waals surface area contributed by atoms with Gasteiger partial charge in [-0.1, -0.05) is 0 Å². The number of carbonyl (C=O) groups excluding carboxylic acids is 1. The van der Waals surface area contributed by atoms with Crippen LogP contribution in [0.5, 0.6) is 0 Å². The maximum atomic E-state index is 11.3. The predicted molar refractivity (Wildman–Crippen MR) is 40.1 cm³/mol. The zero-order valence-electron chi connectivity index (χ0n) is 6.72. The molecular formula is C8H13NO2. The Bertz CT molecular complexity index is 183. The summed E-state index contributed by atoms with van der Waals surface area (Å²) < 4.78 is 4.75. The Morgan fingerprint density at radius 2 is 2.55 bits per heavy atom. The topological polar surface area (TPSA) is 38.3 Å². The highest BCUT2D eigenvalue weighted by atomic mass is 16.5. The van der Waals surface area contributed by atoms with Crippen molar-refractivity contribution in [3.63, 3.8) is 0 Å². The number of esters is 1. The molecule has 2 bridgehead atoms. The number of methoxy groups -OCH3 is 1. The van der Waals surface area contributed by atoms with E-state index in [1.54, 1.807) is 0 Å². The number of hydrogen-bond acceptors (Lipinski definition) is 3. The van der Waals surface area contributed by atoms with Gasteiger partial charge in [0.25, 0.3) is 0 Å². The molecule has 0 amide bonds. The zero-order valence-corrected chi connectivity index (χ0v) is 6.72. The zero-order chi connectivity index (χ0) is 7.90. The molecule has 1 aliphatic heterocycles. The molecule has 62 valence electrons. The van der Waals surface area contributed by atoms with Crippen molar-refractivity contribution in [2.45, 2.75) is 24.8 Å². The van der Waals surface area contributed by atoms with Crippen LogP contribution in [-0.4, -0.2) is 25.2 Å². The smallest absolute Gasteiger partial charge is 0.326 e. The Hall–Kier alpha value is -0.570. The van der Waals surface area contributed by atoms with E-state index in [2.05, 4.69) is 5.32 Å². The molecule has 2 fully saturated rings. The second-order valence-electron chi connectivity index (χ2n) is 3.56. The monoisotopic (exact) mass is 155 g/mol. The quantitative estimate of drug-likeness (QED) is 0.553. The average molecular weight is 155 g/mol. The van der Waals surface area contributed by atoms with Crippen LogP contribution in [0.4, 0.5) is 0 Å². The number of piperidine rings is 1. The highest BCUT2D eigenvalue weighted by Crippen LogP contribution is 2.40. The molecule has 0 aromatic carbocycles. The van der Waals surface area contributed by atoms with Crippen LogP contribution in [0, 0.1) is 5.92 Å². The predicted octanol–water partition coefficient (Wildman–Crippen LogP) is 0.301. The fourth-order valence-electron chi connectivity index (χ4n) is 2.27. The largest absolute Gasteiger partial charge is 0.468 e. The van der Waals surface area contributed by atoms with Gasteiger partial charge >= 0.3 is 5.97 Å². The molecule has 2 rings (SSSR count). The van der Waals surface area contributed by atoms with Gasteiger partial charge in [-0.05, 0) is 31.7 Å². The second-order valence-corrected chi connectivity index (χ2v) is 3.56. The van der Waals surface area contributed by atoms with Crippen molar-refractivity contribution < 1.29 is 9.53 Å². The van der Waals surface area contributed by atoms with Crippen molar-refractivity contribution in [3.8, 4) is 0 Å². The number of fused-ring (bicyclic) bond motifs is 2. The van der Waals surface area contributed by atoms with E-state index < -0.39 is 0 Å². The first-order chi connectivity index (χ1) is 5.27. The number of nitrogens with one attached hydrogen (secondary N) is 1. The third-order valence-electron chi connectivity index (χ3n) is 2.92. The van der Waals surface area contributed by atoms with E-state index in [1.165, 1.54) is 13.5 Å². The molecular weight excluding hydrogens is 142 g/mol. The van der Waals surface area contributed by atoms with Gasteiger partial charge in [0.2, 0.25) is 0 Å². The van der Waals surface area contributed by atoms with Gasteiger partial charge in [0, 0.05) is 0 Å². The maximum absolute atomic E-state index is 11.3. The molecule has 3 heteroatoms. The Kier molecular flexibility index (Phi) is 1.42. The van der Waals surface area contributed by atoms with Crippen molar-refractivity contribution in [1.29, 1.82) is 0 Å². The van der Waals surface area contributed by atoms with Gasteiger partial charge in [-0.2, -0.15) is 0 Å². The van der Waals surface area contributed by atoms with E-state index in [0.29, 0.717) is 5.92 Å². The van der Waals surface area contributed by atoms with Crippen LogP contribution in [0.2, 0.25) is 0 Å². The molecule has 1 N–H and O–H groups in total. The van der Waals surface area contributed by atoms with Gasteiger partial charge in [0.1, 0.15) is 5.54 Å². The van der Waals surface area contributed by atoms with Crippen molar-refractivity contribution in [1.82, 2.24) is 5.32 Å². The second kappa shape index (κ2) is 2.21. The molecule has 2 atom stereocenters. The standard InChI is InChI=1S/C8H13NO2/c1-11-7(10)8-3-2-6(4-8)5-9-8/h6,9H,2-5H2,1H3/t6-,8+/m0/s1. The van der Waals surface area contributed by atoms with Crippen LogP contribution in [0.3, 0.4) is 0 Å². The van der Waals surface area contributed by atoms with Crippen molar-refractivity contribution in [2.75, 3.05) is 13.7 Å². The first-order valence-corrected chi connectivity index (χ1v) is 4.10. The van der Waals surface area contributed by atoms with E-state index in [-0.39, 0.29) is 11.5 Å². The SMILES string of the molecule is COC(=O)[C@]12CC[C@H](CN1)C2. The fourth-order valence-corrected chi connectivity index (χ4v) is 2.27. The highest BCUT2D eigenvalue weighted by Gasteiger charge is 2.50. The number of rotatable bonds is 1. The van der Waals surface area contributed by atoms with Gasteiger partial charge in [-0.15, -0.1) is 0 Å². The summed E-state index contributed by atoms with van der Waals surface area (Å²) in [5, 5.41) is 3.25. The summed E-state index contributed by atoms with van der Waals surface area (Å²) in [5.41, 5.74) is -0.292. The van der Waals surface area contributed by atoms with Gasteiger partial charge in [0.15, 0.2) is 0 Å². The van der Waals surface area contributed by atoms with Crippen LogP contribution in [0.15, 0.2) is 0 Å². The molecule has 1 saturated heterocycles. The van der Waals surface area contributed by atoms with E-state index in [1.807, 2.05) is 0 Å². The van der Waals surface area contributed by atoms with Crippen molar-refractivity contribution >= 4 is 5.97 Å². The van der Waals surface area contributed by atoms with Gasteiger partial charge in [0.05, 0.1) is 7.11 Å². The van der Waals surface area contributed by atoms with E-state index >= 15 is 0 Å². The summed E-state index contributed by atoms with van der Waals surface area (Å²) in [5.74, 6) is 0.645. The molecule has 0 aromatic heterocycles. The Balaban J connectivity index is 2.16.